The van der Waals surface area contributed by atoms with Crippen molar-refractivity contribution in [2.45, 2.75) is 6.54 Å². The van der Waals surface area contributed by atoms with Gasteiger partial charge in [-0.15, -0.1) is 11.3 Å². The second kappa shape index (κ2) is 7.16. The Labute approximate surface area is 92.5 Å². The standard InChI is InChI=1S/C8H15N5OS/c1-14-3-2-10-8(13-9)11-4-7-5-15-6-12-7/h5-6H,2-4,9H2,1H3,(H2,10,11,13). The summed E-state index contributed by atoms with van der Waals surface area (Å²) in [5.41, 5.74) is 5.19. The van der Waals surface area contributed by atoms with Crippen molar-refractivity contribution in [1.82, 2.24) is 15.7 Å². The van der Waals surface area contributed by atoms with Crippen LogP contribution in [-0.2, 0) is 11.3 Å². The van der Waals surface area contributed by atoms with Gasteiger partial charge in [0, 0.05) is 19.0 Å². The van der Waals surface area contributed by atoms with E-state index in [1.54, 1.807) is 24.0 Å². The monoisotopic (exact) mass is 229 g/mol. The van der Waals surface area contributed by atoms with Gasteiger partial charge in [-0.2, -0.15) is 0 Å². The van der Waals surface area contributed by atoms with Gasteiger partial charge in [-0.3, -0.25) is 5.43 Å². The Morgan fingerprint density at radius 3 is 3.20 bits per heavy atom. The van der Waals surface area contributed by atoms with Crippen molar-refractivity contribution < 1.29 is 4.74 Å². The fourth-order valence-corrected chi connectivity index (χ4v) is 1.45. The second-order valence-electron chi connectivity index (χ2n) is 2.71. The Kier molecular flexibility index (Phi) is 5.67. The minimum absolute atomic E-state index is 0.517. The first kappa shape index (κ1) is 11.9. The van der Waals surface area contributed by atoms with Crippen LogP contribution in [-0.4, -0.2) is 31.2 Å². The molecule has 1 aromatic heterocycles. The summed E-state index contributed by atoms with van der Waals surface area (Å²) in [7, 11) is 1.64. The van der Waals surface area contributed by atoms with E-state index in [2.05, 4.69) is 20.7 Å². The molecule has 15 heavy (non-hydrogen) atoms. The number of aliphatic imine (C=N–C) groups is 1. The summed E-state index contributed by atoms with van der Waals surface area (Å²) in [6.45, 7) is 1.79. The van der Waals surface area contributed by atoms with Gasteiger partial charge in [0.15, 0.2) is 0 Å². The summed E-state index contributed by atoms with van der Waals surface area (Å²) < 4.78 is 4.89. The number of nitrogens with zero attached hydrogens (tertiary/aromatic N) is 2. The second-order valence-corrected chi connectivity index (χ2v) is 3.43. The molecule has 84 valence electrons. The van der Waals surface area contributed by atoms with E-state index in [4.69, 9.17) is 10.6 Å². The Hall–Kier alpha value is -1.18. The van der Waals surface area contributed by atoms with Gasteiger partial charge >= 0.3 is 0 Å². The molecule has 0 aliphatic carbocycles. The van der Waals surface area contributed by atoms with Gasteiger partial charge in [0.1, 0.15) is 0 Å². The van der Waals surface area contributed by atoms with Gasteiger partial charge in [-0.25, -0.2) is 15.8 Å². The smallest absolute Gasteiger partial charge is 0.206 e. The first-order valence-electron chi connectivity index (χ1n) is 4.47. The van der Waals surface area contributed by atoms with Gasteiger partial charge in [0.25, 0.3) is 0 Å². The van der Waals surface area contributed by atoms with Crippen molar-refractivity contribution in [1.29, 1.82) is 0 Å². The van der Waals surface area contributed by atoms with Crippen molar-refractivity contribution in [3.8, 4) is 0 Å². The number of nitrogens with two attached hydrogens (primary N) is 1. The molecule has 4 N–H and O–H groups in total. The van der Waals surface area contributed by atoms with Crippen molar-refractivity contribution in [2.75, 3.05) is 20.3 Å². The lowest BCUT2D eigenvalue weighted by molar-refractivity contribution is 0.203. The van der Waals surface area contributed by atoms with Crippen LogP contribution in [0.25, 0.3) is 0 Å². The molecule has 7 heteroatoms. The van der Waals surface area contributed by atoms with Crippen molar-refractivity contribution in [3.05, 3.63) is 16.6 Å². The van der Waals surface area contributed by atoms with Crippen LogP contribution in [0.3, 0.4) is 0 Å². The number of guanidine groups is 1. The molecular formula is C8H15N5OS. The van der Waals surface area contributed by atoms with Gasteiger partial charge in [0.05, 0.1) is 24.4 Å². The number of thiazole rings is 1. The Morgan fingerprint density at radius 1 is 1.73 bits per heavy atom. The highest BCUT2D eigenvalue weighted by molar-refractivity contribution is 7.07. The minimum Gasteiger partial charge on any atom is -0.383 e. The molecule has 1 rings (SSSR count). The topological polar surface area (TPSA) is 84.6 Å². The quantitative estimate of drug-likeness (QED) is 0.212. The number of hydrogen-bond donors (Lipinski definition) is 3. The third-order valence-corrected chi connectivity index (χ3v) is 2.25. The molecule has 0 bridgehead atoms. The van der Waals surface area contributed by atoms with Crippen LogP contribution in [0.5, 0.6) is 0 Å². The molecule has 6 nitrogen and oxygen atoms in total. The van der Waals surface area contributed by atoms with Crippen LogP contribution >= 0.6 is 11.3 Å². The van der Waals surface area contributed by atoms with Crippen LogP contribution in [0.15, 0.2) is 15.9 Å². The maximum Gasteiger partial charge on any atom is 0.206 e. The first-order chi connectivity index (χ1) is 7.36. The van der Waals surface area contributed by atoms with Crippen LogP contribution in [0, 0.1) is 0 Å². The average Bonchev–Trinajstić information content (AvgIpc) is 2.76. The fourth-order valence-electron chi connectivity index (χ4n) is 0.900. The van der Waals surface area contributed by atoms with Crippen LogP contribution < -0.4 is 16.6 Å². The predicted octanol–water partition coefficient (Wildman–Crippen LogP) is -0.302. The summed E-state index contributed by atoms with van der Waals surface area (Å²) in [4.78, 5) is 8.32. The summed E-state index contributed by atoms with van der Waals surface area (Å²) in [6, 6.07) is 0. The van der Waals surface area contributed by atoms with E-state index in [-0.39, 0.29) is 0 Å². The van der Waals surface area contributed by atoms with Crippen LogP contribution in [0.2, 0.25) is 0 Å². The molecule has 1 aromatic rings. The summed E-state index contributed by atoms with van der Waals surface area (Å²) in [5.74, 6) is 5.83. The molecular weight excluding hydrogens is 214 g/mol. The van der Waals surface area contributed by atoms with Crippen molar-refractivity contribution >= 4 is 17.3 Å². The van der Waals surface area contributed by atoms with E-state index in [1.165, 1.54) is 0 Å². The van der Waals surface area contributed by atoms with E-state index in [0.717, 1.165) is 5.69 Å². The molecule has 0 saturated heterocycles. The zero-order valence-corrected chi connectivity index (χ0v) is 9.38. The number of ether oxygens (including phenoxy) is 1. The van der Waals surface area contributed by atoms with Gasteiger partial charge < -0.3 is 10.1 Å². The zero-order valence-electron chi connectivity index (χ0n) is 8.56. The number of aromatic nitrogens is 1. The number of hydrogen-bond acceptors (Lipinski definition) is 5. The van der Waals surface area contributed by atoms with E-state index in [1.807, 2.05) is 5.38 Å². The summed E-state index contributed by atoms with van der Waals surface area (Å²) >= 11 is 1.55. The highest BCUT2D eigenvalue weighted by atomic mass is 32.1. The Bertz CT molecular complexity index is 287. The number of hydrazine groups is 1. The molecule has 0 aromatic carbocycles. The van der Waals surface area contributed by atoms with Crippen LogP contribution in [0.4, 0.5) is 0 Å². The molecule has 0 aliphatic heterocycles. The fraction of sp³-hybridized carbons (Fsp3) is 0.500. The van der Waals surface area contributed by atoms with Crippen molar-refractivity contribution in [3.63, 3.8) is 0 Å². The number of nitrogens with one attached hydrogen (secondary N) is 2. The molecule has 0 aliphatic rings. The molecule has 1 heterocycles. The van der Waals surface area contributed by atoms with Gasteiger partial charge in [0.2, 0.25) is 5.96 Å². The largest absolute Gasteiger partial charge is 0.383 e. The van der Waals surface area contributed by atoms with Crippen molar-refractivity contribution in [2.24, 2.45) is 10.8 Å². The van der Waals surface area contributed by atoms with E-state index >= 15 is 0 Å². The van der Waals surface area contributed by atoms with Gasteiger partial charge in [-0.05, 0) is 0 Å². The normalized spacial score (nSPS) is 11.5. The van der Waals surface area contributed by atoms with E-state index < -0.39 is 0 Å². The highest BCUT2D eigenvalue weighted by Gasteiger charge is 1.96. The zero-order chi connectivity index (χ0) is 10.9. The summed E-state index contributed by atoms with van der Waals surface area (Å²) in [6.07, 6.45) is 0. The molecule has 0 unspecified atom stereocenters. The lowest BCUT2D eigenvalue weighted by Gasteiger charge is -2.07. The summed E-state index contributed by atoms with van der Waals surface area (Å²) in [5, 5.41) is 4.95. The maximum atomic E-state index is 5.29. The average molecular weight is 229 g/mol. The third kappa shape index (κ3) is 4.73. The predicted molar refractivity (Wildman–Crippen MR) is 60.5 cm³/mol. The first-order valence-corrected chi connectivity index (χ1v) is 5.42. The SMILES string of the molecule is COCCNC(=NCc1cscn1)NN. The molecule has 0 spiro atoms. The third-order valence-electron chi connectivity index (χ3n) is 1.62. The van der Waals surface area contributed by atoms with E-state index in [0.29, 0.717) is 25.7 Å². The van der Waals surface area contributed by atoms with E-state index in [9.17, 15) is 0 Å². The molecule has 0 radical (unpaired) electrons. The molecule has 0 saturated carbocycles. The Morgan fingerprint density at radius 2 is 2.60 bits per heavy atom. The number of rotatable bonds is 5. The Balaban J connectivity index is 2.33. The van der Waals surface area contributed by atoms with Crippen LogP contribution in [0.1, 0.15) is 5.69 Å². The minimum atomic E-state index is 0.517. The van der Waals surface area contributed by atoms with Gasteiger partial charge in [-0.1, -0.05) is 0 Å². The highest BCUT2D eigenvalue weighted by Crippen LogP contribution is 2.01. The lowest BCUT2D eigenvalue weighted by atomic mass is 10.5. The maximum absolute atomic E-state index is 5.29. The molecule has 0 amide bonds. The molecule has 0 fully saturated rings. The molecule has 0 atom stereocenters. The number of methoxy groups -OCH3 is 1. The lowest BCUT2D eigenvalue weighted by Crippen LogP contribution is -2.42.